The number of rotatable bonds is 6. The van der Waals surface area contributed by atoms with Gasteiger partial charge in [-0.05, 0) is 29.8 Å². The highest BCUT2D eigenvalue weighted by Crippen LogP contribution is 2.17. The molecular weight excluding hydrogens is 322 g/mol. The number of sulfonamides is 1. The quantitative estimate of drug-likeness (QED) is 0.876. The summed E-state index contributed by atoms with van der Waals surface area (Å²) >= 11 is 0. The average Bonchev–Trinajstić information content (AvgIpc) is 2.48. The minimum atomic E-state index is -3.54. The molecule has 0 unspecified atom stereocenters. The van der Waals surface area contributed by atoms with Crippen molar-refractivity contribution in [1.82, 2.24) is 0 Å². The molecule has 0 aliphatic heterocycles. The monoisotopic (exact) mass is 339 g/mol. The van der Waals surface area contributed by atoms with E-state index in [2.05, 4.69) is 4.72 Å². The van der Waals surface area contributed by atoms with Crippen LogP contribution in [0.15, 0.2) is 59.5 Å². The van der Waals surface area contributed by atoms with Crippen molar-refractivity contribution in [2.24, 2.45) is 0 Å². The molecule has 0 amide bonds. The summed E-state index contributed by atoms with van der Waals surface area (Å²) in [4.78, 5) is 0.181. The van der Waals surface area contributed by atoms with Gasteiger partial charge in [0.25, 0.3) is 0 Å². The molecule has 0 saturated carbocycles. The summed E-state index contributed by atoms with van der Waals surface area (Å²) in [6.07, 6.45) is 0. The number of benzene rings is 2. The molecule has 7 heteroatoms. The van der Waals surface area contributed by atoms with E-state index in [-0.39, 0.29) is 16.4 Å². The number of anilines is 1. The van der Waals surface area contributed by atoms with E-state index in [1.807, 2.05) is 6.07 Å². The lowest BCUT2D eigenvalue weighted by Gasteiger charge is -2.09. The first-order valence-corrected chi connectivity index (χ1v) is 10.00. The van der Waals surface area contributed by atoms with Gasteiger partial charge in [-0.3, -0.25) is 4.72 Å². The molecule has 0 aromatic heterocycles. The standard InChI is InChI=1S/C15H17NO4S2/c1-2-21(17,18)15-10-8-14(9-11-15)16-22(19,20)12-13-6-4-3-5-7-13/h3-11,16H,2,12H2,1H3. The van der Waals surface area contributed by atoms with Crippen LogP contribution in [0.4, 0.5) is 5.69 Å². The summed E-state index contributed by atoms with van der Waals surface area (Å²) in [6.45, 7) is 1.56. The van der Waals surface area contributed by atoms with Gasteiger partial charge < -0.3 is 0 Å². The minimum absolute atomic E-state index is 0.00603. The van der Waals surface area contributed by atoms with Crippen LogP contribution in [0.3, 0.4) is 0 Å². The van der Waals surface area contributed by atoms with E-state index in [0.29, 0.717) is 11.3 Å². The molecule has 0 aliphatic rings. The number of hydrogen-bond donors (Lipinski definition) is 1. The molecule has 118 valence electrons. The lowest BCUT2D eigenvalue weighted by atomic mass is 10.2. The predicted octanol–water partition coefficient (Wildman–Crippen LogP) is 2.42. The Morgan fingerprint density at radius 2 is 1.45 bits per heavy atom. The first-order chi connectivity index (χ1) is 10.3. The predicted molar refractivity (Wildman–Crippen MR) is 86.9 cm³/mol. The van der Waals surface area contributed by atoms with E-state index in [1.54, 1.807) is 31.2 Å². The van der Waals surface area contributed by atoms with Crippen LogP contribution in [0.1, 0.15) is 12.5 Å². The Morgan fingerprint density at radius 1 is 0.864 bits per heavy atom. The first-order valence-electron chi connectivity index (χ1n) is 6.69. The van der Waals surface area contributed by atoms with Crippen LogP contribution >= 0.6 is 0 Å². The molecule has 5 nitrogen and oxygen atoms in total. The van der Waals surface area contributed by atoms with Gasteiger partial charge in [0.15, 0.2) is 9.84 Å². The highest BCUT2D eigenvalue weighted by molar-refractivity contribution is 7.92. The van der Waals surface area contributed by atoms with Crippen LogP contribution in [-0.4, -0.2) is 22.6 Å². The second-order valence-electron chi connectivity index (χ2n) is 4.77. The van der Waals surface area contributed by atoms with E-state index < -0.39 is 19.9 Å². The molecule has 0 fully saturated rings. The largest absolute Gasteiger partial charge is 0.283 e. The molecule has 0 heterocycles. The molecule has 0 atom stereocenters. The van der Waals surface area contributed by atoms with Crippen molar-refractivity contribution in [3.05, 3.63) is 60.2 Å². The van der Waals surface area contributed by atoms with Crippen molar-refractivity contribution >= 4 is 25.5 Å². The third kappa shape index (κ3) is 4.32. The lowest BCUT2D eigenvalue weighted by molar-refractivity contribution is 0.597. The third-order valence-electron chi connectivity index (χ3n) is 3.07. The number of nitrogens with one attached hydrogen (secondary N) is 1. The van der Waals surface area contributed by atoms with E-state index in [9.17, 15) is 16.8 Å². The summed E-state index contributed by atoms with van der Waals surface area (Å²) in [5.41, 5.74) is 1.02. The molecule has 0 saturated heterocycles. The van der Waals surface area contributed by atoms with Crippen LogP contribution in [0.5, 0.6) is 0 Å². The van der Waals surface area contributed by atoms with Crippen LogP contribution in [0.2, 0.25) is 0 Å². The van der Waals surface area contributed by atoms with Crippen LogP contribution in [0.25, 0.3) is 0 Å². The van der Waals surface area contributed by atoms with Gasteiger partial charge in [-0.25, -0.2) is 16.8 Å². The molecule has 2 rings (SSSR count). The summed E-state index contributed by atoms with van der Waals surface area (Å²) in [7, 11) is -6.83. The third-order valence-corrected chi connectivity index (χ3v) is 6.08. The Kier molecular flexibility index (Phi) is 4.87. The van der Waals surface area contributed by atoms with Crippen LogP contribution in [0, 0.1) is 0 Å². The molecule has 2 aromatic carbocycles. The van der Waals surface area contributed by atoms with Gasteiger partial charge in [0.05, 0.1) is 16.4 Å². The molecule has 0 spiro atoms. The Balaban J connectivity index is 2.13. The van der Waals surface area contributed by atoms with Gasteiger partial charge >= 0.3 is 0 Å². The Labute approximate surface area is 131 Å². The summed E-state index contributed by atoms with van der Waals surface area (Å²) in [5, 5.41) is 0. The van der Waals surface area contributed by atoms with Gasteiger partial charge in [0.1, 0.15) is 0 Å². The zero-order chi connectivity index (χ0) is 16.2. The van der Waals surface area contributed by atoms with Gasteiger partial charge in [-0.2, -0.15) is 0 Å². The number of sulfone groups is 1. The van der Waals surface area contributed by atoms with Crippen molar-refractivity contribution in [3.63, 3.8) is 0 Å². The number of hydrogen-bond acceptors (Lipinski definition) is 4. The van der Waals surface area contributed by atoms with Gasteiger partial charge in [-0.15, -0.1) is 0 Å². The van der Waals surface area contributed by atoms with Gasteiger partial charge in [0, 0.05) is 5.69 Å². The Bertz CT molecular complexity index is 827. The van der Waals surface area contributed by atoms with Gasteiger partial charge in [-0.1, -0.05) is 37.3 Å². The zero-order valence-electron chi connectivity index (χ0n) is 12.1. The second-order valence-corrected chi connectivity index (χ2v) is 8.78. The minimum Gasteiger partial charge on any atom is -0.283 e. The van der Waals surface area contributed by atoms with Crippen LogP contribution in [-0.2, 0) is 25.6 Å². The highest BCUT2D eigenvalue weighted by atomic mass is 32.2. The van der Waals surface area contributed by atoms with E-state index in [0.717, 1.165) is 0 Å². The van der Waals surface area contributed by atoms with Crippen molar-refractivity contribution < 1.29 is 16.8 Å². The van der Waals surface area contributed by atoms with E-state index in [1.165, 1.54) is 24.3 Å². The maximum Gasteiger partial charge on any atom is 0.236 e. The second kappa shape index (κ2) is 6.50. The maximum absolute atomic E-state index is 12.1. The van der Waals surface area contributed by atoms with Crippen molar-refractivity contribution in [1.29, 1.82) is 0 Å². The zero-order valence-corrected chi connectivity index (χ0v) is 13.7. The van der Waals surface area contributed by atoms with Crippen LogP contribution < -0.4 is 4.72 Å². The fraction of sp³-hybridized carbons (Fsp3) is 0.200. The Morgan fingerprint density at radius 3 is 2.00 bits per heavy atom. The van der Waals surface area contributed by atoms with Crippen molar-refractivity contribution in [2.75, 3.05) is 10.5 Å². The molecule has 0 aliphatic carbocycles. The fourth-order valence-corrected chi connectivity index (χ4v) is 3.99. The molecular formula is C15H17NO4S2. The van der Waals surface area contributed by atoms with E-state index in [4.69, 9.17) is 0 Å². The average molecular weight is 339 g/mol. The normalized spacial score (nSPS) is 12.0. The maximum atomic E-state index is 12.1. The van der Waals surface area contributed by atoms with Crippen molar-refractivity contribution in [2.45, 2.75) is 17.6 Å². The Hall–Kier alpha value is -1.86. The highest BCUT2D eigenvalue weighted by Gasteiger charge is 2.14. The SMILES string of the molecule is CCS(=O)(=O)c1ccc(NS(=O)(=O)Cc2ccccc2)cc1. The molecule has 2 aromatic rings. The van der Waals surface area contributed by atoms with Gasteiger partial charge in [0.2, 0.25) is 10.0 Å². The molecule has 0 radical (unpaired) electrons. The fourth-order valence-electron chi connectivity index (χ4n) is 1.91. The summed E-state index contributed by atoms with van der Waals surface area (Å²) in [6, 6.07) is 14.5. The van der Waals surface area contributed by atoms with Crippen molar-refractivity contribution in [3.8, 4) is 0 Å². The molecule has 1 N–H and O–H groups in total. The topological polar surface area (TPSA) is 80.3 Å². The van der Waals surface area contributed by atoms with E-state index >= 15 is 0 Å². The molecule has 0 bridgehead atoms. The first kappa shape index (κ1) is 16.5. The lowest BCUT2D eigenvalue weighted by Crippen LogP contribution is -2.15. The molecule has 22 heavy (non-hydrogen) atoms. The summed E-state index contributed by atoms with van der Waals surface area (Å²) < 4.78 is 50.0. The smallest absolute Gasteiger partial charge is 0.236 e. The summed E-state index contributed by atoms with van der Waals surface area (Å²) in [5.74, 6) is -0.130.